The van der Waals surface area contributed by atoms with Crippen LogP contribution in [0.4, 0.5) is 5.13 Å². The summed E-state index contributed by atoms with van der Waals surface area (Å²) in [6, 6.07) is 8.29. The lowest BCUT2D eigenvalue weighted by Crippen LogP contribution is -2.14. The Labute approximate surface area is 153 Å². The molecule has 1 heterocycles. The molecular weight excluding hydrogens is 362 g/mol. The van der Waals surface area contributed by atoms with E-state index >= 15 is 0 Å². The molecule has 0 aliphatic rings. The highest BCUT2D eigenvalue weighted by Crippen LogP contribution is 2.31. The van der Waals surface area contributed by atoms with Crippen molar-refractivity contribution in [1.29, 1.82) is 0 Å². The first-order valence-corrected chi connectivity index (χ1v) is 10.2. The highest BCUT2D eigenvalue weighted by Gasteiger charge is 2.12. The third kappa shape index (κ3) is 6.18. The average molecular weight is 382 g/mol. The Morgan fingerprint density at radius 2 is 1.92 bits per heavy atom. The van der Waals surface area contributed by atoms with Gasteiger partial charge in [0.05, 0.1) is 21.4 Å². The number of aromatic nitrogens is 1. The molecule has 2 amide bonds. The van der Waals surface area contributed by atoms with Gasteiger partial charge in [0.25, 0.3) is 0 Å². The maximum absolute atomic E-state index is 12.0. The highest BCUT2D eigenvalue weighted by molar-refractivity contribution is 8.01. The predicted octanol–water partition coefficient (Wildman–Crippen LogP) is 3.21. The number of thiazole rings is 1. The number of nitrogens with zero attached hydrogens (tertiary/aromatic N) is 1. The molecule has 1 aromatic carbocycles. The van der Waals surface area contributed by atoms with Crippen molar-refractivity contribution in [3.8, 4) is 0 Å². The second-order valence-electron chi connectivity index (χ2n) is 5.17. The van der Waals surface area contributed by atoms with Crippen molar-refractivity contribution in [2.24, 2.45) is 5.73 Å². The zero-order valence-electron chi connectivity index (χ0n) is 13.5. The average Bonchev–Trinajstić information content (AvgIpc) is 2.86. The van der Waals surface area contributed by atoms with E-state index in [0.717, 1.165) is 15.7 Å². The maximum atomic E-state index is 12.0. The quantitative estimate of drug-likeness (QED) is 0.686. The number of nitrogens with one attached hydrogen (secondary N) is 1. The molecule has 0 aliphatic heterocycles. The molecule has 0 aliphatic carbocycles. The van der Waals surface area contributed by atoms with Gasteiger partial charge in [-0.15, -0.1) is 23.5 Å². The fourth-order valence-electron chi connectivity index (χ4n) is 1.81. The van der Waals surface area contributed by atoms with Crippen molar-refractivity contribution in [3.63, 3.8) is 0 Å². The Hall–Kier alpha value is -1.51. The molecule has 5 nitrogen and oxygen atoms in total. The van der Waals surface area contributed by atoms with Gasteiger partial charge in [0.15, 0.2) is 5.13 Å². The van der Waals surface area contributed by atoms with Crippen molar-refractivity contribution >= 4 is 51.8 Å². The van der Waals surface area contributed by atoms with Crippen LogP contribution in [0.2, 0.25) is 0 Å². The first-order valence-electron chi connectivity index (χ1n) is 7.25. The SMILES string of the molecule is Cc1ccc(CSCC(=O)Nc2nc(C)c(SCC(N)=O)s2)cc1. The minimum atomic E-state index is -0.370. The molecule has 2 aromatic rings. The first-order chi connectivity index (χ1) is 11.4. The van der Waals surface area contributed by atoms with Gasteiger partial charge in [0.1, 0.15) is 0 Å². The van der Waals surface area contributed by atoms with Crippen LogP contribution in [0.25, 0.3) is 0 Å². The standard InChI is InChI=1S/C16H19N3O2S3/c1-10-3-5-12(6-4-10)7-22-9-14(21)19-16-18-11(2)15(24-16)23-8-13(17)20/h3-6H,7-9H2,1-2H3,(H2,17,20)(H,18,19,21). The number of rotatable bonds is 8. The van der Waals surface area contributed by atoms with Crippen LogP contribution in [0.1, 0.15) is 16.8 Å². The fourth-order valence-corrected chi connectivity index (χ4v) is 4.49. The van der Waals surface area contributed by atoms with Gasteiger partial charge in [-0.2, -0.15) is 0 Å². The third-order valence-corrected chi connectivity index (χ3v) is 6.43. The van der Waals surface area contributed by atoms with Gasteiger partial charge in [-0.25, -0.2) is 4.98 Å². The lowest BCUT2D eigenvalue weighted by Gasteiger charge is -2.03. The summed E-state index contributed by atoms with van der Waals surface area (Å²) in [5, 5.41) is 3.36. The number of hydrogen-bond donors (Lipinski definition) is 2. The summed E-state index contributed by atoms with van der Waals surface area (Å²) >= 11 is 4.27. The Bertz CT molecular complexity index is 714. The number of benzene rings is 1. The normalized spacial score (nSPS) is 10.6. The van der Waals surface area contributed by atoms with Crippen LogP contribution in [0.5, 0.6) is 0 Å². The molecule has 8 heteroatoms. The van der Waals surface area contributed by atoms with E-state index in [9.17, 15) is 9.59 Å². The fraction of sp³-hybridized carbons (Fsp3) is 0.312. The minimum Gasteiger partial charge on any atom is -0.369 e. The molecule has 128 valence electrons. The minimum absolute atomic E-state index is 0.0766. The number of amides is 2. The van der Waals surface area contributed by atoms with Gasteiger partial charge >= 0.3 is 0 Å². The van der Waals surface area contributed by atoms with Crippen LogP contribution in [0, 0.1) is 13.8 Å². The van der Waals surface area contributed by atoms with E-state index in [1.807, 2.05) is 6.92 Å². The van der Waals surface area contributed by atoms with Gasteiger partial charge in [0.2, 0.25) is 11.8 Å². The largest absolute Gasteiger partial charge is 0.369 e. The second kappa shape index (κ2) is 9.10. The highest BCUT2D eigenvalue weighted by atomic mass is 32.2. The molecule has 24 heavy (non-hydrogen) atoms. The maximum Gasteiger partial charge on any atom is 0.236 e. The van der Waals surface area contributed by atoms with Crippen molar-refractivity contribution in [1.82, 2.24) is 4.98 Å². The number of carbonyl (C=O) groups excluding carboxylic acids is 2. The summed E-state index contributed by atoms with van der Waals surface area (Å²) in [7, 11) is 0. The number of thioether (sulfide) groups is 2. The monoisotopic (exact) mass is 381 g/mol. The molecule has 0 saturated carbocycles. The van der Waals surface area contributed by atoms with Crippen LogP contribution in [-0.2, 0) is 15.3 Å². The van der Waals surface area contributed by atoms with Crippen molar-refractivity contribution in [3.05, 3.63) is 41.1 Å². The number of aryl methyl sites for hydroxylation is 2. The summed E-state index contributed by atoms with van der Waals surface area (Å²) in [5.74, 6) is 0.932. The topological polar surface area (TPSA) is 85.1 Å². The number of nitrogens with two attached hydrogens (primary N) is 1. The zero-order valence-corrected chi connectivity index (χ0v) is 15.9. The molecule has 0 spiro atoms. The van der Waals surface area contributed by atoms with E-state index in [-0.39, 0.29) is 17.6 Å². The Morgan fingerprint density at radius 3 is 2.58 bits per heavy atom. The number of primary amides is 1. The molecular formula is C16H19N3O2S3. The van der Waals surface area contributed by atoms with E-state index < -0.39 is 0 Å². The Kier molecular flexibility index (Phi) is 7.14. The molecule has 0 atom stereocenters. The predicted molar refractivity (Wildman–Crippen MR) is 103 cm³/mol. The third-order valence-electron chi connectivity index (χ3n) is 2.97. The van der Waals surface area contributed by atoms with Crippen molar-refractivity contribution in [2.75, 3.05) is 16.8 Å². The summed E-state index contributed by atoms with van der Waals surface area (Å²) in [6.45, 7) is 3.90. The van der Waals surface area contributed by atoms with Crippen molar-refractivity contribution in [2.45, 2.75) is 23.8 Å². The molecule has 3 N–H and O–H groups in total. The molecule has 0 saturated heterocycles. The molecule has 2 rings (SSSR count). The molecule has 1 aromatic heterocycles. The summed E-state index contributed by atoms with van der Waals surface area (Å²) in [5.41, 5.74) is 8.37. The zero-order chi connectivity index (χ0) is 17.5. The van der Waals surface area contributed by atoms with E-state index in [0.29, 0.717) is 10.9 Å². The Morgan fingerprint density at radius 1 is 1.21 bits per heavy atom. The van der Waals surface area contributed by atoms with E-state index in [4.69, 9.17) is 5.73 Å². The van der Waals surface area contributed by atoms with Crippen LogP contribution >= 0.6 is 34.9 Å². The molecule has 0 fully saturated rings. The van der Waals surface area contributed by atoms with Gasteiger partial charge in [-0.1, -0.05) is 41.2 Å². The van der Waals surface area contributed by atoms with Gasteiger partial charge in [-0.05, 0) is 19.4 Å². The van der Waals surface area contributed by atoms with Crippen LogP contribution in [-0.4, -0.2) is 28.3 Å². The van der Waals surface area contributed by atoms with Gasteiger partial charge in [-0.3, -0.25) is 9.59 Å². The lowest BCUT2D eigenvalue weighted by molar-refractivity contribution is -0.115. The number of anilines is 1. The number of hydrogen-bond acceptors (Lipinski definition) is 6. The van der Waals surface area contributed by atoms with Gasteiger partial charge < -0.3 is 11.1 Å². The lowest BCUT2D eigenvalue weighted by atomic mass is 10.2. The smallest absolute Gasteiger partial charge is 0.236 e. The number of carbonyl (C=O) groups is 2. The van der Waals surface area contributed by atoms with E-state index in [2.05, 4.69) is 41.5 Å². The summed E-state index contributed by atoms with van der Waals surface area (Å²) < 4.78 is 0.899. The van der Waals surface area contributed by atoms with Crippen LogP contribution < -0.4 is 11.1 Å². The first kappa shape index (κ1) is 18.8. The summed E-state index contributed by atoms with van der Waals surface area (Å²) in [6.07, 6.45) is 0. The van der Waals surface area contributed by atoms with E-state index in [1.165, 1.54) is 34.2 Å². The molecule has 0 bridgehead atoms. The van der Waals surface area contributed by atoms with Crippen LogP contribution in [0.3, 0.4) is 0 Å². The van der Waals surface area contributed by atoms with Gasteiger partial charge in [0, 0.05) is 5.75 Å². The van der Waals surface area contributed by atoms with Crippen molar-refractivity contribution < 1.29 is 9.59 Å². The van der Waals surface area contributed by atoms with Crippen LogP contribution in [0.15, 0.2) is 28.5 Å². The second-order valence-corrected chi connectivity index (χ2v) is 8.40. The van der Waals surface area contributed by atoms with E-state index in [1.54, 1.807) is 11.8 Å². The molecule has 0 radical (unpaired) electrons. The summed E-state index contributed by atoms with van der Waals surface area (Å²) in [4.78, 5) is 27.1. The molecule has 0 unspecified atom stereocenters. The Balaban J connectivity index is 1.78.